The Hall–Kier alpha value is -3.19. The van der Waals surface area contributed by atoms with Crippen LogP contribution >= 0.6 is 11.6 Å². The second-order valence-electron chi connectivity index (χ2n) is 5.55. The van der Waals surface area contributed by atoms with Crippen LogP contribution in [0.15, 0.2) is 54.7 Å². The van der Waals surface area contributed by atoms with E-state index in [1.54, 1.807) is 7.11 Å². The maximum atomic E-state index is 13.2. The molecule has 0 aliphatic carbocycles. The van der Waals surface area contributed by atoms with Gasteiger partial charge in [0.25, 0.3) is 5.91 Å². The van der Waals surface area contributed by atoms with E-state index in [4.69, 9.17) is 16.3 Å². The quantitative estimate of drug-likeness (QED) is 0.665. The number of ether oxygens (including phenoxy) is 1. The Balaban J connectivity index is 1.65. The van der Waals surface area contributed by atoms with Gasteiger partial charge in [-0.1, -0.05) is 23.7 Å². The Labute approximate surface area is 160 Å². The van der Waals surface area contributed by atoms with Crippen molar-refractivity contribution in [3.8, 4) is 5.75 Å². The number of anilines is 2. The van der Waals surface area contributed by atoms with Gasteiger partial charge in [0.1, 0.15) is 17.3 Å². The standard InChI is InChI=1S/C19H16ClFN4O2/c1-27-14-5-2-12(3-6-14)11-23-19-22-9-8-17(25-19)18(26)24-13-4-7-16(21)15(20)10-13/h2-10H,11H2,1H3,(H,24,26)(H,22,23,25). The van der Waals surface area contributed by atoms with Gasteiger partial charge < -0.3 is 15.4 Å². The van der Waals surface area contributed by atoms with Crippen molar-refractivity contribution >= 4 is 29.1 Å². The van der Waals surface area contributed by atoms with E-state index < -0.39 is 11.7 Å². The molecular weight excluding hydrogens is 371 g/mol. The molecule has 1 amide bonds. The van der Waals surface area contributed by atoms with Crippen molar-refractivity contribution in [2.45, 2.75) is 6.54 Å². The molecule has 3 aromatic rings. The number of hydrogen-bond acceptors (Lipinski definition) is 5. The maximum absolute atomic E-state index is 13.2. The summed E-state index contributed by atoms with van der Waals surface area (Å²) in [5.41, 5.74) is 1.55. The number of carbonyl (C=O) groups is 1. The maximum Gasteiger partial charge on any atom is 0.274 e. The summed E-state index contributed by atoms with van der Waals surface area (Å²) in [5, 5.41) is 5.61. The van der Waals surface area contributed by atoms with Crippen molar-refractivity contribution in [2.75, 3.05) is 17.7 Å². The Morgan fingerprint density at radius 2 is 1.96 bits per heavy atom. The lowest BCUT2D eigenvalue weighted by molar-refractivity contribution is 0.102. The van der Waals surface area contributed by atoms with E-state index in [1.165, 1.54) is 30.5 Å². The smallest absolute Gasteiger partial charge is 0.274 e. The highest BCUT2D eigenvalue weighted by molar-refractivity contribution is 6.31. The van der Waals surface area contributed by atoms with Crippen molar-refractivity contribution in [1.29, 1.82) is 0 Å². The molecule has 0 aliphatic rings. The molecule has 27 heavy (non-hydrogen) atoms. The third kappa shape index (κ3) is 4.92. The summed E-state index contributed by atoms with van der Waals surface area (Å²) < 4.78 is 18.3. The van der Waals surface area contributed by atoms with Gasteiger partial charge in [0.15, 0.2) is 0 Å². The van der Waals surface area contributed by atoms with Gasteiger partial charge in [0, 0.05) is 18.4 Å². The molecule has 138 valence electrons. The summed E-state index contributed by atoms with van der Waals surface area (Å²) in [7, 11) is 1.61. The molecule has 8 heteroatoms. The number of benzene rings is 2. The Morgan fingerprint density at radius 1 is 1.19 bits per heavy atom. The number of rotatable bonds is 6. The van der Waals surface area contributed by atoms with Crippen LogP contribution in [0.1, 0.15) is 16.1 Å². The zero-order chi connectivity index (χ0) is 19.2. The van der Waals surface area contributed by atoms with E-state index in [9.17, 15) is 9.18 Å². The van der Waals surface area contributed by atoms with Gasteiger partial charge in [-0.05, 0) is 42.0 Å². The number of methoxy groups -OCH3 is 1. The average molecular weight is 387 g/mol. The summed E-state index contributed by atoms with van der Waals surface area (Å²) >= 11 is 5.72. The minimum atomic E-state index is -0.554. The van der Waals surface area contributed by atoms with Crippen molar-refractivity contribution < 1.29 is 13.9 Å². The summed E-state index contributed by atoms with van der Waals surface area (Å²) in [6, 6.07) is 13.0. The number of hydrogen-bond donors (Lipinski definition) is 2. The van der Waals surface area contributed by atoms with Crippen LogP contribution < -0.4 is 15.4 Å². The zero-order valence-electron chi connectivity index (χ0n) is 14.4. The Bertz CT molecular complexity index is 951. The van der Waals surface area contributed by atoms with E-state index in [1.807, 2.05) is 24.3 Å². The van der Waals surface area contributed by atoms with Crippen LogP contribution in [0, 0.1) is 5.82 Å². The first-order valence-electron chi connectivity index (χ1n) is 8.01. The highest BCUT2D eigenvalue weighted by atomic mass is 35.5. The minimum Gasteiger partial charge on any atom is -0.497 e. The molecule has 0 spiro atoms. The van der Waals surface area contributed by atoms with Crippen molar-refractivity contribution in [3.05, 3.63) is 76.8 Å². The number of aromatic nitrogens is 2. The fourth-order valence-corrected chi connectivity index (χ4v) is 2.44. The molecule has 0 unspecified atom stereocenters. The van der Waals surface area contributed by atoms with Gasteiger partial charge >= 0.3 is 0 Å². The summed E-state index contributed by atoms with van der Waals surface area (Å²) in [5.74, 6) is 0.0828. The molecule has 0 radical (unpaired) electrons. The van der Waals surface area contributed by atoms with Crippen LogP contribution in [-0.4, -0.2) is 23.0 Å². The molecular formula is C19H16ClFN4O2. The first kappa shape index (κ1) is 18.6. The molecule has 3 rings (SSSR count). The van der Waals surface area contributed by atoms with Gasteiger partial charge in [-0.25, -0.2) is 14.4 Å². The number of halogens is 2. The van der Waals surface area contributed by atoms with Gasteiger partial charge in [-0.2, -0.15) is 0 Å². The summed E-state index contributed by atoms with van der Waals surface area (Å²) in [6.45, 7) is 0.489. The monoisotopic (exact) mass is 386 g/mol. The van der Waals surface area contributed by atoms with E-state index >= 15 is 0 Å². The summed E-state index contributed by atoms with van der Waals surface area (Å²) in [4.78, 5) is 20.6. The fourth-order valence-electron chi connectivity index (χ4n) is 2.26. The second-order valence-corrected chi connectivity index (χ2v) is 5.96. The number of carbonyl (C=O) groups excluding carboxylic acids is 1. The lowest BCUT2D eigenvalue weighted by atomic mass is 10.2. The summed E-state index contributed by atoms with van der Waals surface area (Å²) in [6.07, 6.45) is 1.48. The molecule has 0 fully saturated rings. The van der Waals surface area contributed by atoms with Gasteiger partial charge in [-0.3, -0.25) is 4.79 Å². The molecule has 6 nitrogen and oxygen atoms in total. The van der Waals surface area contributed by atoms with E-state index in [-0.39, 0.29) is 10.7 Å². The average Bonchev–Trinajstić information content (AvgIpc) is 2.70. The van der Waals surface area contributed by atoms with Crippen molar-refractivity contribution in [2.24, 2.45) is 0 Å². The predicted molar refractivity (Wildman–Crippen MR) is 102 cm³/mol. The van der Waals surface area contributed by atoms with Crippen LogP contribution in [0.5, 0.6) is 5.75 Å². The van der Waals surface area contributed by atoms with Gasteiger partial charge in [-0.15, -0.1) is 0 Å². The lowest BCUT2D eigenvalue weighted by Gasteiger charge is -2.08. The molecule has 0 saturated heterocycles. The van der Waals surface area contributed by atoms with Crippen LogP contribution in [0.4, 0.5) is 16.0 Å². The first-order chi connectivity index (χ1) is 13.0. The van der Waals surface area contributed by atoms with E-state index in [2.05, 4.69) is 20.6 Å². The van der Waals surface area contributed by atoms with E-state index in [0.29, 0.717) is 18.2 Å². The molecule has 2 N–H and O–H groups in total. The molecule has 0 atom stereocenters. The molecule has 1 aromatic heterocycles. The third-order valence-corrected chi connectivity index (χ3v) is 3.97. The predicted octanol–water partition coefficient (Wildman–Crippen LogP) is 4.14. The van der Waals surface area contributed by atoms with Crippen molar-refractivity contribution in [1.82, 2.24) is 9.97 Å². The largest absolute Gasteiger partial charge is 0.497 e. The highest BCUT2D eigenvalue weighted by Crippen LogP contribution is 2.20. The fraction of sp³-hybridized carbons (Fsp3) is 0.105. The first-order valence-corrected chi connectivity index (χ1v) is 8.39. The SMILES string of the molecule is COc1ccc(CNc2nccc(C(=O)Nc3ccc(F)c(Cl)c3)n2)cc1. The Kier molecular flexibility index (Phi) is 5.83. The third-order valence-electron chi connectivity index (χ3n) is 3.68. The molecule has 0 bridgehead atoms. The van der Waals surface area contributed by atoms with Crippen LogP contribution in [-0.2, 0) is 6.54 Å². The molecule has 0 saturated carbocycles. The van der Waals surface area contributed by atoms with E-state index in [0.717, 1.165) is 11.3 Å². The number of nitrogens with one attached hydrogen (secondary N) is 2. The van der Waals surface area contributed by atoms with Gasteiger partial charge in [0.05, 0.1) is 12.1 Å². The number of nitrogens with zero attached hydrogens (tertiary/aromatic N) is 2. The zero-order valence-corrected chi connectivity index (χ0v) is 15.1. The number of amides is 1. The molecule has 0 aliphatic heterocycles. The van der Waals surface area contributed by atoms with Crippen LogP contribution in [0.25, 0.3) is 0 Å². The normalized spacial score (nSPS) is 10.3. The topological polar surface area (TPSA) is 76.1 Å². The second kappa shape index (κ2) is 8.46. The highest BCUT2D eigenvalue weighted by Gasteiger charge is 2.10. The Morgan fingerprint density at radius 3 is 2.67 bits per heavy atom. The molecule has 1 heterocycles. The van der Waals surface area contributed by atoms with Crippen LogP contribution in [0.2, 0.25) is 5.02 Å². The van der Waals surface area contributed by atoms with Gasteiger partial charge in [0.2, 0.25) is 5.95 Å². The van der Waals surface area contributed by atoms with Crippen molar-refractivity contribution in [3.63, 3.8) is 0 Å². The molecule has 2 aromatic carbocycles. The van der Waals surface area contributed by atoms with Crippen LogP contribution in [0.3, 0.4) is 0 Å². The minimum absolute atomic E-state index is 0.0719. The lowest BCUT2D eigenvalue weighted by Crippen LogP contribution is -2.15.